The van der Waals surface area contributed by atoms with Crippen molar-refractivity contribution in [2.24, 2.45) is 5.92 Å². The van der Waals surface area contributed by atoms with Crippen molar-refractivity contribution in [2.75, 3.05) is 0 Å². The zero-order chi connectivity index (χ0) is 16.0. The van der Waals surface area contributed by atoms with Crippen molar-refractivity contribution in [2.45, 2.75) is 25.1 Å². The molecule has 1 aliphatic heterocycles. The van der Waals surface area contributed by atoms with E-state index in [1.54, 1.807) is 0 Å². The fraction of sp³-hybridized carbons (Fsp3) is 0.417. The summed E-state index contributed by atoms with van der Waals surface area (Å²) in [7, 11) is 0. The second kappa shape index (κ2) is 4.68. The quantitative estimate of drug-likeness (QED) is 0.518. The standard InChI is InChI=1S/C12H10F4N2O3/c1-11(9(12(14,15)16)5-10(19)17-11)7-4-6(18(20)21)2-3-8(7)13/h2-4,9H,5H2,1H3,(H,17,19)/t9-,11-/m1/s1. The third-order valence-corrected chi connectivity index (χ3v) is 3.60. The Morgan fingerprint density at radius 1 is 1.43 bits per heavy atom. The van der Waals surface area contributed by atoms with Gasteiger partial charge < -0.3 is 5.32 Å². The SMILES string of the molecule is C[C@]1(c2cc([N+](=O)[O-])ccc2F)NC(=O)C[C@H]1C(F)(F)F. The number of amides is 1. The minimum atomic E-state index is -4.75. The van der Waals surface area contributed by atoms with Gasteiger partial charge >= 0.3 is 6.18 Å². The molecule has 1 fully saturated rings. The lowest BCUT2D eigenvalue weighted by Gasteiger charge is -2.32. The molecule has 1 aromatic rings. The fourth-order valence-corrected chi connectivity index (χ4v) is 2.54. The summed E-state index contributed by atoms with van der Waals surface area (Å²) in [6, 6.07) is 2.29. The van der Waals surface area contributed by atoms with Gasteiger partial charge in [0, 0.05) is 24.1 Å². The van der Waals surface area contributed by atoms with Crippen molar-refractivity contribution in [3.63, 3.8) is 0 Å². The minimum Gasteiger partial charge on any atom is -0.346 e. The molecule has 2 rings (SSSR count). The van der Waals surface area contributed by atoms with Gasteiger partial charge in [0.15, 0.2) is 0 Å². The van der Waals surface area contributed by atoms with Crippen molar-refractivity contribution >= 4 is 11.6 Å². The lowest BCUT2D eigenvalue weighted by atomic mass is 9.80. The maximum absolute atomic E-state index is 13.9. The Balaban J connectivity index is 2.59. The number of alkyl halides is 3. The average Bonchev–Trinajstić information content (AvgIpc) is 2.65. The van der Waals surface area contributed by atoms with Crippen LogP contribution in [-0.4, -0.2) is 17.0 Å². The molecule has 0 aliphatic carbocycles. The molecule has 0 spiro atoms. The number of halogens is 4. The Labute approximate surface area is 116 Å². The molecule has 0 radical (unpaired) electrons. The number of nitro benzene ring substituents is 1. The number of hydrogen-bond acceptors (Lipinski definition) is 3. The van der Waals surface area contributed by atoms with Crippen LogP contribution >= 0.6 is 0 Å². The molecule has 0 aromatic heterocycles. The molecule has 1 aliphatic rings. The number of nitro groups is 1. The van der Waals surface area contributed by atoms with E-state index in [1.165, 1.54) is 0 Å². The largest absolute Gasteiger partial charge is 0.394 e. The van der Waals surface area contributed by atoms with E-state index < -0.39 is 52.0 Å². The molecule has 1 amide bonds. The zero-order valence-electron chi connectivity index (χ0n) is 10.7. The van der Waals surface area contributed by atoms with Crippen LogP contribution < -0.4 is 5.32 Å². The van der Waals surface area contributed by atoms with Crippen LogP contribution in [0, 0.1) is 21.8 Å². The number of nitrogens with one attached hydrogen (secondary N) is 1. The summed E-state index contributed by atoms with van der Waals surface area (Å²) in [5.41, 5.74) is -3.18. The van der Waals surface area contributed by atoms with Crippen molar-refractivity contribution in [3.05, 3.63) is 39.7 Å². The van der Waals surface area contributed by atoms with Gasteiger partial charge in [-0.3, -0.25) is 14.9 Å². The van der Waals surface area contributed by atoms with Gasteiger partial charge in [0.05, 0.1) is 16.4 Å². The molecule has 114 valence electrons. The van der Waals surface area contributed by atoms with E-state index >= 15 is 0 Å². The van der Waals surface area contributed by atoms with Crippen molar-refractivity contribution in [1.82, 2.24) is 5.32 Å². The molecular weight excluding hydrogens is 296 g/mol. The van der Waals surface area contributed by atoms with E-state index in [4.69, 9.17) is 0 Å². The molecule has 1 saturated heterocycles. The smallest absolute Gasteiger partial charge is 0.346 e. The van der Waals surface area contributed by atoms with Crippen LogP contribution in [0.5, 0.6) is 0 Å². The number of rotatable bonds is 2. The minimum absolute atomic E-state index is 0.547. The van der Waals surface area contributed by atoms with Gasteiger partial charge in [0.1, 0.15) is 5.82 Å². The van der Waals surface area contributed by atoms with Crippen molar-refractivity contribution in [3.8, 4) is 0 Å². The first kappa shape index (κ1) is 15.2. The predicted molar refractivity (Wildman–Crippen MR) is 62.7 cm³/mol. The monoisotopic (exact) mass is 306 g/mol. The predicted octanol–water partition coefficient (Wildman–Crippen LogP) is 2.65. The van der Waals surface area contributed by atoms with Crippen molar-refractivity contribution in [1.29, 1.82) is 0 Å². The maximum atomic E-state index is 13.9. The van der Waals surface area contributed by atoms with Gasteiger partial charge in [-0.25, -0.2) is 4.39 Å². The Kier molecular flexibility index (Phi) is 3.38. The van der Waals surface area contributed by atoms with E-state index in [0.717, 1.165) is 25.1 Å². The topological polar surface area (TPSA) is 72.2 Å². The van der Waals surface area contributed by atoms with Crippen LogP contribution in [0.1, 0.15) is 18.9 Å². The van der Waals surface area contributed by atoms with Crippen LogP contribution in [0.4, 0.5) is 23.2 Å². The van der Waals surface area contributed by atoms with E-state index in [0.29, 0.717) is 0 Å². The highest BCUT2D eigenvalue weighted by Gasteiger charge is 2.58. The number of nitrogens with zero attached hydrogens (tertiary/aromatic N) is 1. The van der Waals surface area contributed by atoms with Gasteiger partial charge in [-0.15, -0.1) is 0 Å². The van der Waals surface area contributed by atoms with Crippen LogP contribution in [0.25, 0.3) is 0 Å². The molecule has 1 N–H and O–H groups in total. The normalized spacial score (nSPS) is 25.8. The molecule has 0 unspecified atom stereocenters. The molecule has 9 heteroatoms. The first-order valence-electron chi connectivity index (χ1n) is 5.88. The maximum Gasteiger partial charge on any atom is 0.394 e. The second-order valence-corrected chi connectivity index (χ2v) is 4.97. The first-order chi connectivity index (χ1) is 9.55. The first-order valence-corrected chi connectivity index (χ1v) is 5.88. The lowest BCUT2D eigenvalue weighted by Crippen LogP contribution is -2.45. The molecule has 1 heterocycles. The van der Waals surface area contributed by atoms with Crippen LogP contribution in [0.3, 0.4) is 0 Å². The summed E-state index contributed by atoms with van der Waals surface area (Å²) in [6.07, 6.45) is -5.59. The van der Waals surface area contributed by atoms with E-state index in [2.05, 4.69) is 5.32 Å². The zero-order valence-corrected chi connectivity index (χ0v) is 10.7. The summed E-state index contributed by atoms with van der Waals surface area (Å²) >= 11 is 0. The summed E-state index contributed by atoms with van der Waals surface area (Å²) < 4.78 is 53.0. The Morgan fingerprint density at radius 3 is 2.57 bits per heavy atom. The van der Waals surface area contributed by atoms with Gasteiger partial charge in [0.25, 0.3) is 5.69 Å². The number of carbonyl (C=O) groups is 1. The molecule has 0 saturated carbocycles. The van der Waals surface area contributed by atoms with E-state index in [9.17, 15) is 32.5 Å². The lowest BCUT2D eigenvalue weighted by molar-refractivity contribution is -0.385. The number of hydrogen-bond donors (Lipinski definition) is 1. The molecule has 2 atom stereocenters. The van der Waals surface area contributed by atoms with Crippen LogP contribution in [-0.2, 0) is 10.3 Å². The molecule has 0 bridgehead atoms. The fourth-order valence-electron chi connectivity index (χ4n) is 2.54. The Morgan fingerprint density at radius 2 is 2.05 bits per heavy atom. The van der Waals surface area contributed by atoms with Gasteiger partial charge in [-0.05, 0) is 13.0 Å². The van der Waals surface area contributed by atoms with Crippen LogP contribution in [0.2, 0.25) is 0 Å². The molecule has 5 nitrogen and oxygen atoms in total. The second-order valence-electron chi connectivity index (χ2n) is 4.97. The summed E-state index contributed by atoms with van der Waals surface area (Å²) in [5, 5.41) is 12.8. The van der Waals surface area contributed by atoms with Gasteiger partial charge in [0.2, 0.25) is 5.91 Å². The Hall–Kier alpha value is -2.19. The highest BCUT2D eigenvalue weighted by Crippen LogP contribution is 2.47. The number of carbonyl (C=O) groups excluding carboxylic acids is 1. The summed E-state index contributed by atoms with van der Waals surface area (Å²) in [5.74, 6) is -4.08. The summed E-state index contributed by atoms with van der Waals surface area (Å²) in [4.78, 5) is 21.2. The van der Waals surface area contributed by atoms with Gasteiger partial charge in [-0.1, -0.05) is 0 Å². The number of non-ortho nitro benzene ring substituents is 1. The highest BCUT2D eigenvalue weighted by atomic mass is 19.4. The van der Waals surface area contributed by atoms with Crippen molar-refractivity contribution < 1.29 is 27.3 Å². The third kappa shape index (κ3) is 2.55. The Bertz CT molecular complexity index is 617. The number of benzene rings is 1. The van der Waals surface area contributed by atoms with E-state index in [-0.39, 0.29) is 0 Å². The van der Waals surface area contributed by atoms with Gasteiger partial charge in [-0.2, -0.15) is 13.2 Å². The highest BCUT2D eigenvalue weighted by molar-refractivity contribution is 5.80. The van der Waals surface area contributed by atoms with Crippen LogP contribution in [0.15, 0.2) is 18.2 Å². The third-order valence-electron chi connectivity index (χ3n) is 3.60. The molecule has 1 aromatic carbocycles. The molecular formula is C12H10F4N2O3. The average molecular weight is 306 g/mol. The summed E-state index contributed by atoms with van der Waals surface area (Å²) in [6.45, 7) is 1.01. The molecule has 21 heavy (non-hydrogen) atoms. The van der Waals surface area contributed by atoms with E-state index in [1.807, 2.05) is 0 Å².